The summed E-state index contributed by atoms with van der Waals surface area (Å²) in [5.41, 5.74) is 1.27. The molecule has 0 saturated carbocycles. The zero-order chi connectivity index (χ0) is 11.8. The zero-order valence-corrected chi connectivity index (χ0v) is 13.3. The molecule has 0 aromatic heterocycles. The van der Waals surface area contributed by atoms with E-state index in [9.17, 15) is 0 Å². The molecule has 0 aliphatic rings. The highest BCUT2D eigenvalue weighted by molar-refractivity contribution is 14.1. The average Bonchev–Trinajstić information content (AvgIpc) is 2.31. The topological polar surface area (TPSA) is 9.23 Å². The molecule has 0 fully saturated rings. The first-order valence-electron chi connectivity index (χ1n) is 5.71. The van der Waals surface area contributed by atoms with E-state index in [0.29, 0.717) is 0 Å². The fraction of sp³-hybridized carbons (Fsp3) is 0.538. The van der Waals surface area contributed by atoms with Gasteiger partial charge in [-0.15, -0.1) is 0 Å². The lowest BCUT2D eigenvalue weighted by Gasteiger charge is -2.15. The van der Waals surface area contributed by atoms with Gasteiger partial charge in [0, 0.05) is 15.5 Å². The van der Waals surface area contributed by atoms with Crippen molar-refractivity contribution in [3.63, 3.8) is 0 Å². The Hall–Kier alpha value is 0.390. The van der Waals surface area contributed by atoms with Crippen LogP contribution in [0.3, 0.4) is 0 Å². The highest BCUT2D eigenvalue weighted by atomic mass is 127. The number of hydrogen-bond donors (Lipinski definition) is 0. The predicted octanol–water partition coefficient (Wildman–Crippen LogP) is 5.13. The molecule has 0 heterocycles. The first-order valence-corrected chi connectivity index (χ1v) is 8.02. The van der Waals surface area contributed by atoms with Gasteiger partial charge in [-0.25, -0.2) is 0 Å². The van der Waals surface area contributed by atoms with E-state index in [4.69, 9.17) is 4.74 Å². The van der Waals surface area contributed by atoms with E-state index in [-0.39, 0.29) is 6.10 Å². The van der Waals surface area contributed by atoms with Crippen molar-refractivity contribution in [2.24, 2.45) is 0 Å². The van der Waals surface area contributed by atoms with E-state index in [1.54, 1.807) is 0 Å². The van der Waals surface area contributed by atoms with Gasteiger partial charge in [-0.3, -0.25) is 0 Å². The van der Waals surface area contributed by atoms with Crippen molar-refractivity contribution < 1.29 is 4.74 Å². The molecule has 0 amide bonds. The van der Waals surface area contributed by atoms with Crippen LogP contribution in [0.15, 0.2) is 28.7 Å². The molecule has 1 nitrogen and oxygen atoms in total. The third kappa shape index (κ3) is 5.15. The Bertz CT molecular complexity index is 286. The van der Waals surface area contributed by atoms with Crippen LogP contribution in [-0.4, -0.2) is 11.0 Å². The lowest BCUT2D eigenvalue weighted by Crippen LogP contribution is -2.06. The molecule has 3 heteroatoms. The van der Waals surface area contributed by atoms with E-state index >= 15 is 0 Å². The second-order valence-corrected chi connectivity index (χ2v) is 5.57. The Kier molecular flexibility index (Phi) is 7.66. The summed E-state index contributed by atoms with van der Waals surface area (Å²) in [4.78, 5) is 0. The molecule has 1 rings (SSSR count). The first-order chi connectivity index (χ1) is 7.77. The third-order valence-electron chi connectivity index (χ3n) is 2.45. The molecule has 90 valence electrons. The average molecular weight is 397 g/mol. The number of ether oxygens (including phenoxy) is 1. The minimum Gasteiger partial charge on any atom is -0.373 e. The van der Waals surface area contributed by atoms with Gasteiger partial charge in [0.2, 0.25) is 0 Å². The minimum absolute atomic E-state index is 0.241. The monoisotopic (exact) mass is 396 g/mol. The van der Waals surface area contributed by atoms with Crippen molar-refractivity contribution in [2.45, 2.75) is 32.3 Å². The van der Waals surface area contributed by atoms with Gasteiger partial charge in [0.25, 0.3) is 0 Å². The molecule has 0 N–H and O–H groups in total. The van der Waals surface area contributed by atoms with Crippen LogP contribution >= 0.6 is 38.5 Å². The van der Waals surface area contributed by atoms with Crippen LogP contribution in [0, 0.1) is 0 Å². The highest BCUT2D eigenvalue weighted by Crippen LogP contribution is 2.22. The summed E-state index contributed by atoms with van der Waals surface area (Å²) in [5, 5.41) is 0. The Morgan fingerprint density at radius 3 is 2.50 bits per heavy atom. The summed E-state index contributed by atoms with van der Waals surface area (Å²) in [6.07, 6.45) is 3.91. The molecule has 0 aliphatic carbocycles. The SMILES string of the molecule is CCCCCOC(CI)c1ccc(Br)cc1. The predicted molar refractivity (Wildman–Crippen MR) is 81.2 cm³/mol. The summed E-state index contributed by atoms with van der Waals surface area (Å²) >= 11 is 5.83. The molecular formula is C13H18BrIO. The number of rotatable bonds is 7. The normalized spacial score (nSPS) is 12.7. The molecular weight excluding hydrogens is 379 g/mol. The van der Waals surface area contributed by atoms with Crippen molar-refractivity contribution in [1.82, 2.24) is 0 Å². The van der Waals surface area contributed by atoms with Crippen molar-refractivity contribution in [3.05, 3.63) is 34.3 Å². The van der Waals surface area contributed by atoms with E-state index < -0.39 is 0 Å². The van der Waals surface area contributed by atoms with Crippen LogP contribution in [0.25, 0.3) is 0 Å². The summed E-state index contributed by atoms with van der Waals surface area (Å²) in [6, 6.07) is 8.41. The van der Waals surface area contributed by atoms with Gasteiger partial charge in [0.1, 0.15) is 0 Å². The standard InChI is InChI=1S/C13H18BrIO/c1-2-3-4-9-16-13(10-15)11-5-7-12(14)8-6-11/h5-8,13H,2-4,9-10H2,1H3. The molecule has 1 aromatic carbocycles. The Balaban J connectivity index is 2.44. The maximum Gasteiger partial charge on any atom is 0.0914 e. The lowest BCUT2D eigenvalue weighted by molar-refractivity contribution is 0.0681. The Labute approximate surface area is 120 Å². The van der Waals surface area contributed by atoms with Crippen LogP contribution in [0.4, 0.5) is 0 Å². The zero-order valence-electron chi connectivity index (χ0n) is 9.59. The molecule has 0 saturated heterocycles. The van der Waals surface area contributed by atoms with Crippen molar-refractivity contribution in [3.8, 4) is 0 Å². The minimum atomic E-state index is 0.241. The first kappa shape index (κ1) is 14.5. The second kappa shape index (κ2) is 8.48. The van der Waals surface area contributed by atoms with Gasteiger partial charge in [-0.2, -0.15) is 0 Å². The summed E-state index contributed by atoms with van der Waals surface area (Å²) < 4.78 is 8.02. The lowest BCUT2D eigenvalue weighted by atomic mass is 10.1. The van der Waals surface area contributed by atoms with Crippen molar-refractivity contribution in [1.29, 1.82) is 0 Å². The molecule has 1 aromatic rings. The third-order valence-corrected chi connectivity index (χ3v) is 3.78. The fourth-order valence-electron chi connectivity index (χ4n) is 1.48. The van der Waals surface area contributed by atoms with Gasteiger partial charge in [0.15, 0.2) is 0 Å². The maximum absolute atomic E-state index is 5.90. The second-order valence-electron chi connectivity index (χ2n) is 3.77. The van der Waals surface area contributed by atoms with Gasteiger partial charge < -0.3 is 4.74 Å². The van der Waals surface area contributed by atoms with E-state index in [1.165, 1.54) is 24.8 Å². The maximum atomic E-state index is 5.90. The van der Waals surface area contributed by atoms with Crippen LogP contribution < -0.4 is 0 Å². The molecule has 0 radical (unpaired) electrons. The van der Waals surface area contributed by atoms with Gasteiger partial charge >= 0.3 is 0 Å². The molecule has 0 aliphatic heterocycles. The van der Waals surface area contributed by atoms with E-state index in [0.717, 1.165) is 15.5 Å². The van der Waals surface area contributed by atoms with Crippen molar-refractivity contribution >= 4 is 38.5 Å². The van der Waals surface area contributed by atoms with Gasteiger partial charge in [-0.05, 0) is 24.1 Å². The Morgan fingerprint density at radius 1 is 1.25 bits per heavy atom. The van der Waals surface area contributed by atoms with Crippen LogP contribution in [0.2, 0.25) is 0 Å². The summed E-state index contributed by atoms with van der Waals surface area (Å²) in [6.45, 7) is 3.09. The smallest absolute Gasteiger partial charge is 0.0914 e. The fourth-order valence-corrected chi connectivity index (χ4v) is 2.51. The molecule has 16 heavy (non-hydrogen) atoms. The Morgan fingerprint density at radius 2 is 1.94 bits per heavy atom. The number of benzene rings is 1. The largest absolute Gasteiger partial charge is 0.373 e. The molecule has 1 unspecified atom stereocenters. The summed E-state index contributed by atoms with van der Waals surface area (Å²) in [5.74, 6) is 0. The van der Waals surface area contributed by atoms with Crippen LogP contribution in [-0.2, 0) is 4.74 Å². The van der Waals surface area contributed by atoms with Crippen molar-refractivity contribution in [2.75, 3.05) is 11.0 Å². The molecule has 0 bridgehead atoms. The van der Waals surface area contributed by atoms with E-state index in [1.807, 2.05) is 0 Å². The number of halogens is 2. The quantitative estimate of drug-likeness (QED) is 0.352. The van der Waals surface area contributed by atoms with Crippen LogP contribution in [0.5, 0.6) is 0 Å². The molecule has 1 atom stereocenters. The van der Waals surface area contributed by atoms with Gasteiger partial charge in [-0.1, -0.05) is 70.4 Å². The van der Waals surface area contributed by atoms with Crippen LogP contribution in [0.1, 0.15) is 37.9 Å². The molecule has 0 spiro atoms. The highest BCUT2D eigenvalue weighted by Gasteiger charge is 2.09. The van der Waals surface area contributed by atoms with Gasteiger partial charge in [0.05, 0.1) is 6.10 Å². The van der Waals surface area contributed by atoms with E-state index in [2.05, 4.69) is 69.7 Å². The summed E-state index contributed by atoms with van der Waals surface area (Å²) in [7, 11) is 0. The number of alkyl halides is 1. The number of unbranched alkanes of at least 4 members (excludes halogenated alkanes) is 2. The number of hydrogen-bond acceptors (Lipinski definition) is 1.